The van der Waals surface area contributed by atoms with E-state index in [4.69, 9.17) is 4.98 Å². The van der Waals surface area contributed by atoms with E-state index in [9.17, 15) is 4.79 Å². The van der Waals surface area contributed by atoms with Gasteiger partial charge in [0.1, 0.15) is 17.2 Å². The van der Waals surface area contributed by atoms with E-state index in [2.05, 4.69) is 34.9 Å². The Morgan fingerprint density at radius 1 is 1.28 bits per heavy atom. The third-order valence-electron chi connectivity index (χ3n) is 5.02. The zero-order valence-electron chi connectivity index (χ0n) is 14.7. The number of pyridine rings is 1. The van der Waals surface area contributed by atoms with Gasteiger partial charge in [0.2, 0.25) is 5.91 Å². The highest BCUT2D eigenvalue weighted by Gasteiger charge is 2.30. The fraction of sp³-hybridized carbons (Fsp3) is 0.400. The summed E-state index contributed by atoms with van der Waals surface area (Å²) in [5.41, 5.74) is 3.00. The zero-order valence-corrected chi connectivity index (χ0v) is 15.6. The quantitative estimate of drug-likeness (QED) is 0.660. The first-order valence-corrected chi connectivity index (χ1v) is 9.85. The first-order chi connectivity index (χ1) is 12.1. The molecule has 0 aromatic carbocycles. The Balaban J connectivity index is 1.93. The molecule has 0 bridgehead atoms. The molecule has 1 aliphatic rings. The van der Waals surface area contributed by atoms with Crippen LogP contribution in [0.15, 0.2) is 35.8 Å². The Labute approximate surface area is 152 Å². The number of carbonyl (C=O) groups excluding carboxylic acids is 1. The average Bonchev–Trinajstić information content (AvgIpc) is 3.24. The maximum absolute atomic E-state index is 12.7. The van der Waals surface area contributed by atoms with Crippen molar-refractivity contribution in [3.05, 3.63) is 41.4 Å². The minimum absolute atomic E-state index is 0.104. The van der Waals surface area contributed by atoms with Crippen LogP contribution in [0, 0.1) is 6.92 Å². The Hall–Kier alpha value is -2.14. The lowest BCUT2D eigenvalue weighted by Crippen LogP contribution is -2.41. The summed E-state index contributed by atoms with van der Waals surface area (Å²) in [6.07, 6.45) is 7.84. The lowest BCUT2D eigenvalue weighted by Gasteiger charge is -2.33. The van der Waals surface area contributed by atoms with Gasteiger partial charge in [0.05, 0.1) is 4.88 Å². The van der Waals surface area contributed by atoms with Crippen molar-refractivity contribution in [2.45, 2.75) is 52.0 Å². The number of amides is 1. The van der Waals surface area contributed by atoms with Gasteiger partial charge in [-0.25, -0.2) is 4.98 Å². The van der Waals surface area contributed by atoms with Crippen molar-refractivity contribution in [1.82, 2.24) is 9.38 Å². The van der Waals surface area contributed by atoms with Crippen LogP contribution in [-0.2, 0) is 4.79 Å². The van der Waals surface area contributed by atoms with Crippen LogP contribution >= 0.6 is 11.3 Å². The summed E-state index contributed by atoms with van der Waals surface area (Å²) in [5, 5.41) is 2.06. The van der Waals surface area contributed by atoms with Crippen LogP contribution in [-0.4, -0.2) is 21.3 Å². The highest BCUT2D eigenvalue weighted by molar-refractivity contribution is 7.13. The van der Waals surface area contributed by atoms with Gasteiger partial charge in [0, 0.05) is 19.2 Å². The maximum atomic E-state index is 12.7. The van der Waals surface area contributed by atoms with Crippen molar-refractivity contribution in [3.63, 3.8) is 0 Å². The maximum Gasteiger partial charge on any atom is 0.225 e. The van der Waals surface area contributed by atoms with Gasteiger partial charge in [-0.3, -0.25) is 14.1 Å². The van der Waals surface area contributed by atoms with Crippen LogP contribution < -0.4 is 4.90 Å². The molecule has 0 aliphatic heterocycles. The van der Waals surface area contributed by atoms with Crippen molar-refractivity contribution in [2.75, 3.05) is 4.90 Å². The molecule has 4 rings (SSSR count). The number of carbonyl (C=O) groups is 1. The molecule has 130 valence electrons. The average molecular weight is 353 g/mol. The third-order valence-corrected chi connectivity index (χ3v) is 5.89. The number of aryl methyl sites for hydroxylation is 1. The van der Waals surface area contributed by atoms with Gasteiger partial charge < -0.3 is 0 Å². The molecule has 3 aromatic rings. The molecular weight excluding hydrogens is 330 g/mol. The van der Waals surface area contributed by atoms with Crippen LogP contribution in [0.1, 0.15) is 44.6 Å². The van der Waals surface area contributed by atoms with Crippen LogP contribution in [0.2, 0.25) is 0 Å². The van der Waals surface area contributed by atoms with Gasteiger partial charge in [0.15, 0.2) is 0 Å². The topological polar surface area (TPSA) is 37.6 Å². The predicted molar refractivity (Wildman–Crippen MR) is 103 cm³/mol. The van der Waals surface area contributed by atoms with Gasteiger partial charge in [-0.05, 0) is 48.9 Å². The number of rotatable bonds is 3. The molecule has 0 radical (unpaired) electrons. The standard InChI is InChI=1S/C20H23N3OS/c1-14-10-11-22-18(13-14)21-19(17-9-6-12-25-17)20(22)23(15(2)24)16-7-4-3-5-8-16/h6,9-13,16H,3-5,7-8H2,1-2H3. The smallest absolute Gasteiger partial charge is 0.225 e. The first kappa shape index (κ1) is 16.3. The Morgan fingerprint density at radius 2 is 2.08 bits per heavy atom. The summed E-state index contributed by atoms with van der Waals surface area (Å²) >= 11 is 1.67. The van der Waals surface area contributed by atoms with E-state index in [-0.39, 0.29) is 11.9 Å². The second-order valence-corrected chi connectivity index (χ2v) is 7.82. The van der Waals surface area contributed by atoms with E-state index in [1.807, 2.05) is 17.2 Å². The molecule has 4 nitrogen and oxygen atoms in total. The van der Waals surface area contributed by atoms with E-state index in [1.165, 1.54) is 24.8 Å². The van der Waals surface area contributed by atoms with Crippen molar-refractivity contribution in [2.24, 2.45) is 0 Å². The second-order valence-electron chi connectivity index (χ2n) is 6.87. The number of hydrogen-bond acceptors (Lipinski definition) is 3. The number of aromatic nitrogens is 2. The van der Waals surface area contributed by atoms with E-state index in [1.54, 1.807) is 18.3 Å². The van der Waals surface area contributed by atoms with E-state index < -0.39 is 0 Å². The SMILES string of the molecule is CC(=O)N(c1c(-c2cccs2)nc2cc(C)ccn12)C1CCCCC1. The number of fused-ring (bicyclic) bond motifs is 1. The third kappa shape index (κ3) is 2.97. The van der Waals surface area contributed by atoms with Crippen molar-refractivity contribution in [3.8, 4) is 10.6 Å². The van der Waals surface area contributed by atoms with Crippen molar-refractivity contribution >= 4 is 28.7 Å². The highest BCUT2D eigenvalue weighted by Crippen LogP contribution is 2.37. The fourth-order valence-electron chi connectivity index (χ4n) is 3.86. The van der Waals surface area contributed by atoms with Gasteiger partial charge >= 0.3 is 0 Å². The van der Waals surface area contributed by atoms with Gasteiger partial charge in [-0.1, -0.05) is 25.3 Å². The van der Waals surface area contributed by atoms with Crippen LogP contribution in [0.25, 0.3) is 16.2 Å². The highest BCUT2D eigenvalue weighted by atomic mass is 32.1. The summed E-state index contributed by atoms with van der Waals surface area (Å²) < 4.78 is 2.08. The largest absolute Gasteiger partial charge is 0.293 e. The van der Waals surface area contributed by atoms with E-state index >= 15 is 0 Å². The number of imidazole rings is 1. The van der Waals surface area contributed by atoms with Crippen LogP contribution in [0.5, 0.6) is 0 Å². The molecule has 5 heteroatoms. The summed E-state index contributed by atoms with van der Waals surface area (Å²) in [4.78, 5) is 20.7. The minimum atomic E-state index is 0.104. The zero-order chi connectivity index (χ0) is 17.4. The molecule has 0 atom stereocenters. The van der Waals surface area contributed by atoms with Crippen LogP contribution in [0.4, 0.5) is 5.82 Å². The molecule has 0 unspecified atom stereocenters. The number of nitrogens with zero attached hydrogens (tertiary/aromatic N) is 3. The Bertz CT molecular complexity index is 891. The molecule has 0 saturated heterocycles. The first-order valence-electron chi connectivity index (χ1n) is 8.97. The lowest BCUT2D eigenvalue weighted by atomic mass is 9.94. The fourth-order valence-corrected chi connectivity index (χ4v) is 4.57. The Kier molecular flexibility index (Phi) is 4.34. The Morgan fingerprint density at radius 3 is 2.76 bits per heavy atom. The molecule has 1 fully saturated rings. The van der Waals surface area contributed by atoms with Gasteiger partial charge in [-0.15, -0.1) is 11.3 Å². The molecule has 25 heavy (non-hydrogen) atoms. The molecule has 3 aromatic heterocycles. The number of hydrogen-bond donors (Lipinski definition) is 0. The lowest BCUT2D eigenvalue weighted by molar-refractivity contribution is -0.117. The monoisotopic (exact) mass is 353 g/mol. The number of anilines is 1. The van der Waals surface area contributed by atoms with Crippen LogP contribution in [0.3, 0.4) is 0 Å². The minimum Gasteiger partial charge on any atom is -0.293 e. The molecular formula is C20H23N3OS. The van der Waals surface area contributed by atoms with Gasteiger partial charge in [0.25, 0.3) is 0 Å². The van der Waals surface area contributed by atoms with Crippen molar-refractivity contribution in [1.29, 1.82) is 0 Å². The molecule has 0 spiro atoms. The molecule has 1 aliphatic carbocycles. The predicted octanol–water partition coefficient (Wildman–Crippen LogP) is 5.06. The molecule has 1 amide bonds. The van der Waals surface area contributed by atoms with Crippen molar-refractivity contribution < 1.29 is 4.79 Å². The molecule has 3 heterocycles. The molecule has 1 saturated carbocycles. The van der Waals surface area contributed by atoms with E-state index in [0.29, 0.717) is 0 Å². The second kappa shape index (κ2) is 6.64. The summed E-state index contributed by atoms with van der Waals surface area (Å²) in [7, 11) is 0. The summed E-state index contributed by atoms with van der Waals surface area (Å²) in [6, 6.07) is 8.56. The summed E-state index contributed by atoms with van der Waals surface area (Å²) in [5.74, 6) is 1.03. The van der Waals surface area contributed by atoms with Gasteiger partial charge in [-0.2, -0.15) is 0 Å². The molecule has 0 N–H and O–H groups in total. The summed E-state index contributed by atoms with van der Waals surface area (Å²) in [6.45, 7) is 3.75. The van der Waals surface area contributed by atoms with E-state index in [0.717, 1.165) is 34.9 Å². The normalized spacial score (nSPS) is 15.6. The number of thiophene rings is 1.